The van der Waals surface area contributed by atoms with Gasteiger partial charge in [-0.15, -0.1) is 0 Å². The fourth-order valence-corrected chi connectivity index (χ4v) is 3.25. The SMILES string of the molecule is O=C1CCC(c2ccc(C(=O)N3CCC(O)CC3)cc2)C1. The van der Waals surface area contributed by atoms with Gasteiger partial charge in [-0.25, -0.2) is 0 Å². The maximum absolute atomic E-state index is 12.4. The van der Waals surface area contributed by atoms with E-state index in [0.29, 0.717) is 56.0 Å². The Bertz CT molecular complexity index is 529. The molecule has 1 aliphatic carbocycles. The summed E-state index contributed by atoms with van der Waals surface area (Å²) < 4.78 is 0. The Morgan fingerprint density at radius 3 is 2.33 bits per heavy atom. The zero-order valence-corrected chi connectivity index (χ0v) is 12.1. The Morgan fingerprint density at radius 1 is 1.10 bits per heavy atom. The van der Waals surface area contributed by atoms with Gasteiger partial charge in [-0.2, -0.15) is 0 Å². The highest BCUT2D eigenvalue weighted by atomic mass is 16.3. The van der Waals surface area contributed by atoms with Crippen LogP contribution in [0.1, 0.15) is 53.9 Å². The summed E-state index contributed by atoms with van der Waals surface area (Å²) in [5, 5.41) is 9.49. The Morgan fingerprint density at radius 2 is 1.76 bits per heavy atom. The van der Waals surface area contributed by atoms with Crippen LogP contribution in [-0.2, 0) is 4.79 Å². The number of aliphatic hydroxyl groups excluding tert-OH is 1. The summed E-state index contributed by atoms with van der Waals surface area (Å²) in [6.45, 7) is 1.25. The minimum absolute atomic E-state index is 0.0379. The van der Waals surface area contributed by atoms with Crippen LogP contribution in [0, 0.1) is 0 Å². The normalized spacial score (nSPS) is 23.6. The third-order valence-electron chi connectivity index (χ3n) is 4.63. The van der Waals surface area contributed by atoms with Crippen molar-refractivity contribution < 1.29 is 14.7 Å². The molecule has 2 fully saturated rings. The zero-order chi connectivity index (χ0) is 14.8. The minimum atomic E-state index is -0.267. The predicted octanol–water partition coefficient (Wildman–Crippen LogP) is 2.12. The third-order valence-corrected chi connectivity index (χ3v) is 4.63. The van der Waals surface area contributed by atoms with E-state index in [1.807, 2.05) is 24.3 Å². The Balaban J connectivity index is 1.66. The van der Waals surface area contributed by atoms with Crippen molar-refractivity contribution >= 4 is 11.7 Å². The maximum atomic E-state index is 12.4. The van der Waals surface area contributed by atoms with Crippen LogP contribution in [0.15, 0.2) is 24.3 Å². The van der Waals surface area contributed by atoms with Crippen molar-refractivity contribution in [1.29, 1.82) is 0 Å². The van der Waals surface area contributed by atoms with E-state index >= 15 is 0 Å². The highest BCUT2D eigenvalue weighted by Crippen LogP contribution is 2.32. The van der Waals surface area contributed by atoms with E-state index in [4.69, 9.17) is 0 Å². The van der Waals surface area contributed by atoms with Crippen LogP contribution in [0.25, 0.3) is 0 Å². The van der Waals surface area contributed by atoms with Gasteiger partial charge in [0.15, 0.2) is 0 Å². The first-order valence-corrected chi connectivity index (χ1v) is 7.72. The lowest BCUT2D eigenvalue weighted by Crippen LogP contribution is -2.40. The van der Waals surface area contributed by atoms with Gasteiger partial charge in [-0.3, -0.25) is 9.59 Å². The molecule has 1 amide bonds. The summed E-state index contributed by atoms with van der Waals surface area (Å²) in [6.07, 6.45) is 3.30. The van der Waals surface area contributed by atoms with Crippen LogP contribution in [0.3, 0.4) is 0 Å². The smallest absolute Gasteiger partial charge is 0.253 e. The highest BCUT2D eigenvalue weighted by molar-refractivity contribution is 5.94. The second kappa shape index (κ2) is 5.98. The van der Waals surface area contributed by atoms with E-state index < -0.39 is 0 Å². The van der Waals surface area contributed by atoms with Gasteiger partial charge in [-0.05, 0) is 42.9 Å². The molecule has 1 unspecified atom stereocenters. The second-order valence-electron chi connectivity index (χ2n) is 6.12. The molecular weight excluding hydrogens is 266 g/mol. The first-order chi connectivity index (χ1) is 10.1. The van der Waals surface area contributed by atoms with Crippen molar-refractivity contribution in [3.05, 3.63) is 35.4 Å². The van der Waals surface area contributed by atoms with Crippen LogP contribution in [-0.4, -0.2) is 40.9 Å². The van der Waals surface area contributed by atoms with Gasteiger partial charge >= 0.3 is 0 Å². The Labute approximate surface area is 124 Å². The number of ketones is 1. The second-order valence-corrected chi connectivity index (χ2v) is 6.12. The monoisotopic (exact) mass is 287 g/mol. The number of hydrogen-bond donors (Lipinski definition) is 1. The average molecular weight is 287 g/mol. The van der Waals surface area contributed by atoms with Crippen LogP contribution in [0.2, 0.25) is 0 Å². The number of likely N-dealkylation sites (tertiary alicyclic amines) is 1. The van der Waals surface area contributed by atoms with Crippen LogP contribution in [0.5, 0.6) is 0 Å². The summed E-state index contributed by atoms with van der Waals surface area (Å²) in [5.41, 5.74) is 1.85. The molecule has 1 atom stereocenters. The number of aliphatic hydroxyl groups is 1. The predicted molar refractivity (Wildman–Crippen MR) is 79.2 cm³/mol. The van der Waals surface area contributed by atoms with Crippen molar-refractivity contribution in [3.8, 4) is 0 Å². The van der Waals surface area contributed by atoms with Gasteiger partial charge in [0.2, 0.25) is 0 Å². The third kappa shape index (κ3) is 3.16. The molecule has 112 valence electrons. The Hall–Kier alpha value is -1.68. The summed E-state index contributed by atoms with van der Waals surface area (Å²) in [6, 6.07) is 7.70. The first kappa shape index (κ1) is 14.3. The molecular formula is C17H21NO3. The summed E-state index contributed by atoms with van der Waals surface area (Å²) in [4.78, 5) is 25.5. The van der Waals surface area contributed by atoms with Crippen molar-refractivity contribution in [2.24, 2.45) is 0 Å². The molecule has 0 radical (unpaired) electrons. The molecule has 4 heteroatoms. The topological polar surface area (TPSA) is 57.6 Å². The number of carbonyl (C=O) groups excluding carboxylic acids is 2. The molecule has 1 aliphatic heterocycles. The fraction of sp³-hybridized carbons (Fsp3) is 0.529. The van der Waals surface area contributed by atoms with Gasteiger partial charge < -0.3 is 10.0 Å². The van der Waals surface area contributed by atoms with Crippen LogP contribution in [0.4, 0.5) is 0 Å². The average Bonchev–Trinajstić information content (AvgIpc) is 2.94. The number of carbonyl (C=O) groups is 2. The van der Waals surface area contributed by atoms with E-state index in [1.165, 1.54) is 0 Å². The molecule has 1 aromatic carbocycles. The molecule has 1 heterocycles. The molecule has 1 N–H and O–H groups in total. The van der Waals surface area contributed by atoms with E-state index in [-0.39, 0.29) is 12.0 Å². The molecule has 21 heavy (non-hydrogen) atoms. The van der Waals surface area contributed by atoms with Crippen molar-refractivity contribution in [2.75, 3.05) is 13.1 Å². The van der Waals surface area contributed by atoms with Gasteiger partial charge in [0.1, 0.15) is 5.78 Å². The van der Waals surface area contributed by atoms with Crippen molar-refractivity contribution in [1.82, 2.24) is 4.90 Å². The van der Waals surface area contributed by atoms with Gasteiger partial charge in [-0.1, -0.05) is 12.1 Å². The quantitative estimate of drug-likeness (QED) is 0.906. The number of hydrogen-bond acceptors (Lipinski definition) is 3. The number of Topliss-reactive ketones (excluding diaryl/α,β-unsaturated/α-hetero) is 1. The molecule has 2 aliphatic rings. The van der Waals surface area contributed by atoms with E-state index in [9.17, 15) is 14.7 Å². The van der Waals surface area contributed by atoms with Crippen molar-refractivity contribution in [2.45, 2.75) is 44.1 Å². The number of amides is 1. The first-order valence-electron chi connectivity index (χ1n) is 7.72. The standard InChI is InChI=1S/C17H21NO3/c19-15-7-9-18(10-8-15)17(21)13-3-1-12(2-4-13)14-5-6-16(20)11-14/h1-4,14-15,19H,5-11H2. The van der Waals surface area contributed by atoms with Gasteiger partial charge in [0, 0.05) is 31.5 Å². The summed E-state index contributed by atoms with van der Waals surface area (Å²) >= 11 is 0. The summed E-state index contributed by atoms with van der Waals surface area (Å²) in [7, 11) is 0. The lowest BCUT2D eigenvalue weighted by atomic mass is 9.96. The zero-order valence-electron chi connectivity index (χ0n) is 12.1. The number of rotatable bonds is 2. The van der Waals surface area contributed by atoms with E-state index in [2.05, 4.69) is 0 Å². The van der Waals surface area contributed by atoms with E-state index in [0.717, 1.165) is 12.0 Å². The Kier molecular flexibility index (Phi) is 4.06. The molecule has 0 bridgehead atoms. The number of piperidine rings is 1. The molecule has 3 rings (SSSR count). The minimum Gasteiger partial charge on any atom is -0.393 e. The molecule has 1 saturated heterocycles. The number of benzene rings is 1. The van der Waals surface area contributed by atoms with Crippen molar-refractivity contribution in [3.63, 3.8) is 0 Å². The maximum Gasteiger partial charge on any atom is 0.253 e. The van der Waals surface area contributed by atoms with Gasteiger partial charge in [0.25, 0.3) is 5.91 Å². The highest BCUT2D eigenvalue weighted by Gasteiger charge is 2.25. The molecule has 0 spiro atoms. The van der Waals surface area contributed by atoms with Crippen LogP contribution >= 0.6 is 0 Å². The summed E-state index contributed by atoms with van der Waals surface area (Å²) in [5.74, 6) is 0.703. The largest absolute Gasteiger partial charge is 0.393 e. The molecule has 0 aromatic heterocycles. The number of nitrogens with zero attached hydrogens (tertiary/aromatic N) is 1. The fourth-order valence-electron chi connectivity index (χ4n) is 3.25. The molecule has 1 aromatic rings. The van der Waals surface area contributed by atoms with E-state index in [1.54, 1.807) is 4.90 Å². The lowest BCUT2D eigenvalue weighted by Gasteiger charge is -2.29. The molecule has 1 saturated carbocycles. The van der Waals surface area contributed by atoms with Crippen LogP contribution < -0.4 is 0 Å². The van der Waals surface area contributed by atoms with Gasteiger partial charge in [0.05, 0.1) is 6.10 Å². The lowest BCUT2D eigenvalue weighted by molar-refractivity contribution is -0.117. The molecule has 4 nitrogen and oxygen atoms in total.